The predicted octanol–water partition coefficient (Wildman–Crippen LogP) is 0.811. The lowest BCUT2D eigenvalue weighted by Gasteiger charge is -2.38. The number of nitrogens with zero attached hydrogens (tertiary/aromatic N) is 4. The molecular weight excluding hydrogens is 376 g/mol. The number of likely N-dealkylation sites (tertiary alicyclic amines) is 1. The van der Waals surface area contributed by atoms with Crippen LogP contribution in [0.3, 0.4) is 0 Å². The van der Waals surface area contributed by atoms with Gasteiger partial charge < -0.3 is 19.8 Å². The summed E-state index contributed by atoms with van der Waals surface area (Å²) in [6, 6.07) is 4.30. The van der Waals surface area contributed by atoms with Gasteiger partial charge in [0.2, 0.25) is 5.91 Å². The highest BCUT2D eigenvalue weighted by atomic mass is 32.1. The van der Waals surface area contributed by atoms with Crippen LogP contribution in [-0.2, 0) is 4.79 Å². The molecule has 0 bridgehead atoms. The molecule has 2 fully saturated rings. The van der Waals surface area contributed by atoms with Gasteiger partial charge in [-0.05, 0) is 37.8 Å². The summed E-state index contributed by atoms with van der Waals surface area (Å²) in [5, 5.41) is 10.9. The Labute approximate surface area is 171 Å². The van der Waals surface area contributed by atoms with Crippen LogP contribution in [0.2, 0.25) is 0 Å². The van der Waals surface area contributed by atoms with Gasteiger partial charge in [-0.15, -0.1) is 11.3 Å². The van der Waals surface area contributed by atoms with Crippen LogP contribution in [0.1, 0.15) is 28.9 Å². The number of aliphatic hydroxyl groups excluding tert-OH is 1. The predicted molar refractivity (Wildman–Crippen MR) is 111 cm³/mol. The number of piperidine rings is 1. The highest BCUT2D eigenvalue weighted by molar-refractivity contribution is 7.12. The third-order valence-electron chi connectivity index (χ3n) is 5.86. The highest BCUT2D eigenvalue weighted by Gasteiger charge is 2.28. The summed E-state index contributed by atoms with van der Waals surface area (Å²) >= 11 is 1.47. The number of hydrogen-bond donors (Lipinski definition) is 1. The third-order valence-corrected chi connectivity index (χ3v) is 6.72. The van der Waals surface area contributed by atoms with Crippen LogP contribution in [0.25, 0.3) is 0 Å². The Kier molecular flexibility index (Phi) is 7.84. The van der Waals surface area contributed by atoms with Gasteiger partial charge >= 0.3 is 0 Å². The topological polar surface area (TPSA) is 67.3 Å². The summed E-state index contributed by atoms with van der Waals surface area (Å²) in [4.78, 5) is 34.2. The first-order valence-corrected chi connectivity index (χ1v) is 11.1. The number of hydrogen-bond acceptors (Lipinski definition) is 6. The fraction of sp³-hybridized carbons (Fsp3) is 0.700. The van der Waals surface area contributed by atoms with Crippen LogP contribution < -0.4 is 0 Å². The van der Waals surface area contributed by atoms with Gasteiger partial charge in [0, 0.05) is 58.5 Å². The minimum Gasteiger partial charge on any atom is -0.396 e. The van der Waals surface area contributed by atoms with E-state index in [0.717, 1.165) is 43.8 Å². The molecule has 0 unspecified atom stereocenters. The molecule has 0 spiro atoms. The van der Waals surface area contributed by atoms with Gasteiger partial charge in [-0.2, -0.15) is 0 Å². The molecule has 0 atom stereocenters. The van der Waals surface area contributed by atoms with Crippen LogP contribution in [0, 0.1) is 0 Å². The molecule has 1 N–H and O–H groups in total. The molecule has 2 saturated heterocycles. The second kappa shape index (κ2) is 10.3. The van der Waals surface area contributed by atoms with Crippen molar-refractivity contribution in [2.75, 3.05) is 66.0 Å². The quantitative estimate of drug-likeness (QED) is 0.723. The molecule has 8 heteroatoms. The van der Waals surface area contributed by atoms with Gasteiger partial charge in [0.05, 0.1) is 11.4 Å². The Morgan fingerprint density at radius 2 is 1.82 bits per heavy atom. The van der Waals surface area contributed by atoms with Crippen LogP contribution in [0.15, 0.2) is 17.5 Å². The van der Waals surface area contributed by atoms with Crippen LogP contribution in [-0.4, -0.2) is 109 Å². The van der Waals surface area contributed by atoms with E-state index in [1.165, 1.54) is 11.3 Å². The van der Waals surface area contributed by atoms with Crippen molar-refractivity contribution in [1.82, 2.24) is 19.6 Å². The van der Waals surface area contributed by atoms with E-state index in [1.807, 2.05) is 27.3 Å². The standard InChI is InChI=1S/C20H32N4O3S/c1-21(7-3-14-25)17-5-8-22(9-6-17)16-19(26)23-10-12-24(13-11-23)20(27)18-4-2-15-28-18/h2,4,15,17,25H,3,5-14,16H2,1H3. The van der Waals surface area contributed by atoms with Crippen LogP contribution in [0.5, 0.6) is 0 Å². The van der Waals surface area contributed by atoms with Crippen LogP contribution >= 0.6 is 11.3 Å². The molecule has 2 amide bonds. The Hall–Kier alpha value is -1.48. The fourth-order valence-electron chi connectivity index (χ4n) is 4.03. The van der Waals surface area contributed by atoms with E-state index in [-0.39, 0.29) is 18.4 Å². The maximum Gasteiger partial charge on any atom is 0.264 e. The average Bonchev–Trinajstić information content (AvgIpc) is 3.27. The summed E-state index contributed by atoms with van der Waals surface area (Å²) in [5.41, 5.74) is 0. The zero-order valence-electron chi connectivity index (χ0n) is 16.8. The molecule has 0 radical (unpaired) electrons. The number of piperazine rings is 1. The average molecular weight is 409 g/mol. The minimum atomic E-state index is 0.0782. The Morgan fingerprint density at radius 1 is 1.14 bits per heavy atom. The summed E-state index contributed by atoms with van der Waals surface area (Å²) in [6.45, 7) is 5.99. The van der Waals surface area contributed by atoms with Gasteiger partial charge in [-0.25, -0.2) is 0 Å². The lowest BCUT2D eigenvalue weighted by atomic mass is 10.0. The van der Waals surface area contributed by atoms with E-state index in [4.69, 9.17) is 5.11 Å². The Bertz CT molecular complexity index is 623. The molecule has 0 saturated carbocycles. The summed E-state index contributed by atoms with van der Waals surface area (Å²) in [5.74, 6) is 0.254. The molecule has 28 heavy (non-hydrogen) atoms. The summed E-state index contributed by atoms with van der Waals surface area (Å²) < 4.78 is 0. The van der Waals surface area contributed by atoms with Crippen molar-refractivity contribution in [3.05, 3.63) is 22.4 Å². The van der Waals surface area contributed by atoms with Gasteiger partial charge in [0.25, 0.3) is 5.91 Å². The molecule has 0 aliphatic carbocycles. The Balaban J connectivity index is 1.38. The van der Waals surface area contributed by atoms with E-state index >= 15 is 0 Å². The van der Waals surface area contributed by atoms with Crippen molar-refractivity contribution in [2.24, 2.45) is 0 Å². The molecule has 7 nitrogen and oxygen atoms in total. The van der Waals surface area contributed by atoms with Gasteiger partial charge in [-0.3, -0.25) is 14.5 Å². The highest BCUT2D eigenvalue weighted by Crippen LogP contribution is 2.17. The maximum atomic E-state index is 12.7. The smallest absolute Gasteiger partial charge is 0.264 e. The van der Waals surface area contributed by atoms with E-state index in [2.05, 4.69) is 16.8 Å². The number of amides is 2. The second-order valence-electron chi connectivity index (χ2n) is 7.72. The molecule has 2 aliphatic rings. The summed E-state index contributed by atoms with van der Waals surface area (Å²) in [6.07, 6.45) is 2.95. The molecule has 156 valence electrons. The number of carbonyl (C=O) groups is 2. The van der Waals surface area contributed by atoms with E-state index in [1.54, 1.807) is 0 Å². The van der Waals surface area contributed by atoms with Gasteiger partial charge in [0.1, 0.15) is 0 Å². The Morgan fingerprint density at radius 3 is 2.43 bits per heavy atom. The first-order valence-electron chi connectivity index (χ1n) is 10.2. The first kappa shape index (κ1) is 21.2. The number of carbonyl (C=O) groups excluding carboxylic acids is 2. The van der Waals surface area contributed by atoms with Crippen molar-refractivity contribution >= 4 is 23.2 Å². The monoisotopic (exact) mass is 408 g/mol. The van der Waals surface area contributed by atoms with Crippen molar-refractivity contribution in [3.63, 3.8) is 0 Å². The SMILES string of the molecule is CN(CCCO)C1CCN(CC(=O)N2CCN(C(=O)c3cccs3)CC2)CC1. The molecule has 3 heterocycles. The number of aliphatic hydroxyl groups is 1. The molecule has 3 rings (SSSR count). The van der Waals surface area contributed by atoms with E-state index in [9.17, 15) is 9.59 Å². The molecule has 2 aliphatic heterocycles. The van der Waals surface area contributed by atoms with Crippen molar-refractivity contribution in [1.29, 1.82) is 0 Å². The minimum absolute atomic E-state index is 0.0782. The molecule has 0 aromatic carbocycles. The number of thiophene rings is 1. The lowest BCUT2D eigenvalue weighted by molar-refractivity contribution is -0.134. The van der Waals surface area contributed by atoms with Crippen LogP contribution in [0.4, 0.5) is 0 Å². The van der Waals surface area contributed by atoms with Gasteiger partial charge in [0.15, 0.2) is 0 Å². The first-order chi connectivity index (χ1) is 13.6. The van der Waals surface area contributed by atoms with Crippen molar-refractivity contribution in [3.8, 4) is 0 Å². The number of rotatable bonds is 7. The second-order valence-corrected chi connectivity index (χ2v) is 8.66. The normalized spacial score (nSPS) is 19.4. The maximum absolute atomic E-state index is 12.7. The zero-order valence-corrected chi connectivity index (χ0v) is 17.6. The molecule has 1 aromatic rings. The van der Waals surface area contributed by atoms with E-state index in [0.29, 0.717) is 38.8 Å². The summed E-state index contributed by atoms with van der Waals surface area (Å²) in [7, 11) is 2.12. The largest absolute Gasteiger partial charge is 0.396 e. The van der Waals surface area contributed by atoms with Crippen molar-refractivity contribution in [2.45, 2.75) is 25.3 Å². The molecule has 1 aromatic heterocycles. The fourth-order valence-corrected chi connectivity index (χ4v) is 4.72. The third kappa shape index (κ3) is 5.53. The van der Waals surface area contributed by atoms with Crippen molar-refractivity contribution < 1.29 is 14.7 Å². The lowest BCUT2D eigenvalue weighted by Crippen LogP contribution is -2.53. The van der Waals surface area contributed by atoms with E-state index < -0.39 is 0 Å². The zero-order chi connectivity index (χ0) is 19.9. The van der Waals surface area contributed by atoms with Gasteiger partial charge in [-0.1, -0.05) is 6.07 Å². The molecular formula is C20H32N4O3S.